The Morgan fingerprint density at radius 1 is 0.938 bits per heavy atom. The number of ether oxygens (including phenoxy) is 6. The fraction of sp³-hybridized carbons (Fsp3) is 0.524. The summed E-state index contributed by atoms with van der Waals surface area (Å²) in [6.07, 6.45) is -2.08. The summed E-state index contributed by atoms with van der Waals surface area (Å²) in [5, 5.41) is 0. The van der Waals surface area contributed by atoms with Gasteiger partial charge in [-0.05, 0) is 37.5 Å². The average molecular weight is 455 g/mol. The molecule has 0 aliphatic rings. The van der Waals surface area contributed by atoms with Gasteiger partial charge in [-0.3, -0.25) is 9.59 Å². The van der Waals surface area contributed by atoms with Gasteiger partial charge in [-0.2, -0.15) is 0 Å². The summed E-state index contributed by atoms with van der Waals surface area (Å²) in [5.41, 5.74) is 6.41. The fourth-order valence-electron chi connectivity index (χ4n) is 2.27. The van der Waals surface area contributed by atoms with Crippen LogP contribution in [0.2, 0.25) is 0 Å². The van der Waals surface area contributed by atoms with E-state index in [9.17, 15) is 19.2 Å². The minimum atomic E-state index is -1.05. The van der Waals surface area contributed by atoms with Crippen LogP contribution >= 0.6 is 0 Å². The van der Waals surface area contributed by atoms with E-state index in [0.29, 0.717) is 12.0 Å². The van der Waals surface area contributed by atoms with Gasteiger partial charge < -0.3 is 34.2 Å². The van der Waals surface area contributed by atoms with E-state index in [1.165, 1.54) is 18.2 Å². The minimum absolute atomic E-state index is 0.0221. The maximum atomic E-state index is 12.3. The van der Waals surface area contributed by atoms with Crippen LogP contribution in [0.15, 0.2) is 18.2 Å². The van der Waals surface area contributed by atoms with Crippen molar-refractivity contribution < 1.29 is 47.6 Å². The van der Waals surface area contributed by atoms with E-state index in [1.807, 2.05) is 6.92 Å². The Kier molecular flexibility index (Phi) is 11.0. The summed E-state index contributed by atoms with van der Waals surface area (Å²) >= 11 is 0. The molecule has 0 aliphatic carbocycles. The van der Waals surface area contributed by atoms with Crippen LogP contribution in [-0.2, 0) is 35.0 Å². The highest BCUT2D eigenvalue weighted by Gasteiger charge is 2.22. The van der Waals surface area contributed by atoms with Crippen molar-refractivity contribution in [1.29, 1.82) is 0 Å². The van der Waals surface area contributed by atoms with Gasteiger partial charge in [0.15, 0.2) is 11.5 Å². The molecule has 0 aromatic heterocycles. The van der Waals surface area contributed by atoms with Crippen molar-refractivity contribution in [1.82, 2.24) is 0 Å². The first-order valence-electron chi connectivity index (χ1n) is 9.88. The van der Waals surface area contributed by atoms with E-state index < -0.39 is 30.4 Å². The Hall–Kier alpha value is -3.34. The van der Waals surface area contributed by atoms with E-state index in [1.54, 1.807) is 13.8 Å². The van der Waals surface area contributed by atoms with Crippen LogP contribution in [0.1, 0.15) is 32.8 Å². The zero-order chi connectivity index (χ0) is 24.3. The molecule has 178 valence electrons. The second-order valence-corrected chi connectivity index (χ2v) is 6.89. The van der Waals surface area contributed by atoms with Crippen molar-refractivity contribution in [3.05, 3.63) is 23.8 Å². The summed E-state index contributed by atoms with van der Waals surface area (Å²) in [6, 6.07) is 3.17. The highest BCUT2D eigenvalue weighted by Crippen LogP contribution is 2.29. The summed E-state index contributed by atoms with van der Waals surface area (Å²) in [7, 11) is 2.23. The molecule has 0 aliphatic heterocycles. The molecule has 0 heterocycles. The Balaban J connectivity index is 2.77. The second kappa shape index (κ2) is 13.2. The molecule has 0 amide bonds. The number of carbonyl (C=O) groups is 4. The first-order chi connectivity index (χ1) is 15.1. The van der Waals surface area contributed by atoms with Crippen molar-refractivity contribution in [2.45, 2.75) is 45.8 Å². The van der Waals surface area contributed by atoms with Gasteiger partial charge in [0.25, 0.3) is 0 Å². The maximum absolute atomic E-state index is 12.3. The maximum Gasteiger partial charge on any atom is 0.513 e. The highest BCUT2D eigenvalue weighted by atomic mass is 16.7. The van der Waals surface area contributed by atoms with E-state index in [-0.39, 0.29) is 36.4 Å². The average Bonchev–Trinajstić information content (AvgIpc) is 2.77. The van der Waals surface area contributed by atoms with Crippen LogP contribution in [0.4, 0.5) is 9.59 Å². The van der Waals surface area contributed by atoms with Gasteiger partial charge in [0.2, 0.25) is 0 Å². The van der Waals surface area contributed by atoms with E-state index in [2.05, 4.69) is 9.47 Å². The van der Waals surface area contributed by atoms with Crippen molar-refractivity contribution in [2.75, 3.05) is 20.8 Å². The predicted octanol–water partition coefficient (Wildman–Crippen LogP) is 2.37. The molecular formula is C21H29NO10. The van der Waals surface area contributed by atoms with Crippen molar-refractivity contribution in [3.63, 3.8) is 0 Å². The van der Waals surface area contributed by atoms with E-state index >= 15 is 0 Å². The zero-order valence-electron chi connectivity index (χ0n) is 18.7. The molecule has 3 atom stereocenters. The van der Waals surface area contributed by atoms with Crippen molar-refractivity contribution >= 4 is 24.2 Å². The fourth-order valence-corrected chi connectivity index (χ4v) is 2.27. The van der Waals surface area contributed by atoms with Crippen LogP contribution < -0.4 is 15.2 Å². The summed E-state index contributed by atoms with van der Waals surface area (Å²) in [4.78, 5) is 46.8. The second-order valence-electron chi connectivity index (χ2n) is 6.89. The molecule has 0 radical (unpaired) electrons. The van der Waals surface area contributed by atoms with Gasteiger partial charge in [-0.1, -0.05) is 19.9 Å². The molecule has 0 saturated carbocycles. The molecule has 1 aromatic carbocycles. The molecule has 11 nitrogen and oxygen atoms in total. The molecule has 0 spiro atoms. The Morgan fingerprint density at radius 3 is 2.09 bits per heavy atom. The molecule has 1 rings (SSSR count). The number of carbonyl (C=O) groups excluding carboxylic acids is 4. The lowest BCUT2D eigenvalue weighted by molar-refractivity contribution is -0.160. The Bertz CT molecular complexity index is 810. The minimum Gasteiger partial charge on any atom is -0.462 e. The number of methoxy groups -OCH3 is 2. The number of hydrogen-bond acceptors (Lipinski definition) is 11. The van der Waals surface area contributed by atoms with Crippen LogP contribution in [-0.4, -0.2) is 57.2 Å². The van der Waals surface area contributed by atoms with Crippen LogP contribution in [0.3, 0.4) is 0 Å². The molecule has 0 fully saturated rings. The van der Waals surface area contributed by atoms with Crippen molar-refractivity contribution in [3.8, 4) is 11.5 Å². The van der Waals surface area contributed by atoms with Gasteiger partial charge in [-0.25, -0.2) is 9.59 Å². The van der Waals surface area contributed by atoms with Gasteiger partial charge >= 0.3 is 24.2 Å². The lowest BCUT2D eigenvalue weighted by Gasteiger charge is -2.18. The van der Waals surface area contributed by atoms with Gasteiger partial charge in [0, 0.05) is 0 Å². The SMILES string of the molecule is CCC(C)C(=O)OC[C@H](C)OC(=O)[C@@H](N)Cc1ccc(OC(=O)OC)c(OC(=O)OC)c1. The third-order valence-corrected chi connectivity index (χ3v) is 4.28. The molecule has 2 N–H and O–H groups in total. The predicted molar refractivity (Wildman–Crippen MR) is 110 cm³/mol. The standard InChI is InChI=1S/C21H29NO10/c1-6-12(2)18(23)29-11-13(3)30-19(24)15(22)9-14-7-8-16(31-20(25)27-4)17(10-14)32-21(26)28-5/h7-8,10,12-13,15H,6,9,11,22H2,1-5H3/t12?,13-,15-/m0/s1. The Labute approximate surface area is 186 Å². The molecular weight excluding hydrogens is 426 g/mol. The number of benzene rings is 1. The normalized spacial score (nSPS) is 13.2. The number of esters is 2. The molecule has 11 heteroatoms. The topological polar surface area (TPSA) is 150 Å². The smallest absolute Gasteiger partial charge is 0.462 e. The Morgan fingerprint density at radius 2 is 1.53 bits per heavy atom. The molecule has 0 bridgehead atoms. The molecule has 0 saturated heterocycles. The molecule has 1 unspecified atom stereocenters. The van der Waals surface area contributed by atoms with Crippen LogP contribution in [0.25, 0.3) is 0 Å². The first-order valence-corrected chi connectivity index (χ1v) is 9.88. The lowest BCUT2D eigenvalue weighted by Crippen LogP contribution is -2.37. The molecule has 32 heavy (non-hydrogen) atoms. The quantitative estimate of drug-likeness (QED) is 0.315. The van der Waals surface area contributed by atoms with Crippen LogP contribution in [0, 0.1) is 5.92 Å². The lowest BCUT2D eigenvalue weighted by atomic mass is 10.1. The van der Waals surface area contributed by atoms with Gasteiger partial charge in [-0.15, -0.1) is 0 Å². The van der Waals surface area contributed by atoms with Crippen molar-refractivity contribution in [2.24, 2.45) is 11.7 Å². The van der Waals surface area contributed by atoms with E-state index in [4.69, 9.17) is 24.7 Å². The van der Waals surface area contributed by atoms with Gasteiger partial charge in [0.1, 0.15) is 18.8 Å². The third kappa shape index (κ3) is 8.80. The summed E-state index contributed by atoms with van der Waals surface area (Å²) in [5.74, 6) is -1.55. The number of hydrogen-bond donors (Lipinski definition) is 1. The highest BCUT2D eigenvalue weighted by molar-refractivity contribution is 5.76. The number of nitrogens with two attached hydrogens (primary N) is 1. The largest absolute Gasteiger partial charge is 0.513 e. The summed E-state index contributed by atoms with van der Waals surface area (Å²) in [6.45, 7) is 5.10. The zero-order valence-corrected chi connectivity index (χ0v) is 18.7. The summed E-state index contributed by atoms with van der Waals surface area (Å²) < 4.78 is 29.1. The van der Waals surface area contributed by atoms with Crippen LogP contribution in [0.5, 0.6) is 11.5 Å². The number of rotatable bonds is 10. The van der Waals surface area contributed by atoms with Gasteiger partial charge in [0.05, 0.1) is 20.1 Å². The molecule has 1 aromatic rings. The third-order valence-electron chi connectivity index (χ3n) is 4.28. The van der Waals surface area contributed by atoms with E-state index in [0.717, 1.165) is 14.2 Å². The monoisotopic (exact) mass is 455 g/mol. The first kappa shape index (κ1) is 26.7.